The molecule has 92 valence electrons. The van der Waals surface area contributed by atoms with E-state index in [-0.39, 0.29) is 0 Å². The lowest BCUT2D eigenvalue weighted by atomic mass is 10.1. The Labute approximate surface area is 108 Å². The summed E-state index contributed by atoms with van der Waals surface area (Å²) >= 11 is 1.83. The highest BCUT2D eigenvalue weighted by molar-refractivity contribution is 8.14. The van der Waals surface area contributed by atoms with Crippen molar-refractivity contribution >= 4 is 22.6 Å². The predicted octanol–water partition coefficient (Wildman–Crippen LogP) is 3.99. The van der Waals surface area contributed by atoms with Gasteiger partial charge in [0, 0.05) is 11.4 Å². The van der Waals surface area contributed by atoms with Crippen LogP contribution < -0.4 is 5.32 Å². The van der Waals surface area contributed by atoms with Crippen LogP contribution in [0.1, 0.15) is 30.9 Å². The second kappa shape index (κ2) is 5.58. The molecule has 0 radical (unpaired) electrons. The van der Waals surface area contributed by atoms with E-state index in [1.54, 1.807) is 0 Å². The Hall–Kier alpha value is -0.960. The average molecular weight is 248 g/mol. The van der Waals surface area contributed by atoms with Crippen molar-refractivity contribution in [3.05, 3.63) is 29.3 Å². The van der Waals surface area contributed by atoms with Crippen molar-refractivity contribution in [2.24, 2.45) is 4.99 Å². The van der Waals surface area contributed by atoms with Gasteiger partial charge in [-0.25, -0.2) is 0 Å². The molecule has 2 nitrogen and oxygen atoms in total. The molecule has 1 aliphatic heterocycles. The van der Waals surface area contributed by atoms with Crippen molar-refractivity contribution in [2.75, 3.05) is 11.1 Å². The van der Waals surface area contributed by atoms with Gasteiger partial charge in [0.15, 0.2) is 5.17 Å². The van der Waals surface area contributed by atoms with Crippen LogP contribution in [0.15, 0.2) is 23.2 Å². The fourth-order valence-corrected chi connectivity index (χ4v) is 2.91. The van der Waals surface area contributed by atoms with E-state index in [9.17, 15) is 0 Å². The van der Waals surface area contributed by atoms with E-state index in [2.05, 4.69) is 44.3 Å². The third-order valence-corrected chi connectivity index (χ3v) is 4.23. The van der Waals surface area contributed by atoms with Crippen LogP contribution in [0.4, 0.5) is 5.69 Å². The van der Waals surface area contributed by atoms with Crippen LogP contribution in [0, 0.1) is 13.8 Å². The molecule has 0 amide bonds. The van der Waals surface area contributed by atoms with E-state index in [4.69, 9.17) is 4.99 Å². The quantitative estimate of drug-likeness (QED) is 0.856. The SMILES string of the molecule is CCC1CCSC(Nc2cccc(C)c2C)=N1. The van der Waals surface area contributed by atoms with Gasteiger partial charge < -0.3 is 5.32 Å². The Kier molecular flexibility index (Phi) is 4.11. The largest absolute Gasteiger partial charge is 0.335 e. The first-order valence-corrected chi connectivity index (χ1v) is 7.23. The summed E-state index contributed by atoms with van der Waals surface area (Å²) in [5.41, 5.74) is 3.82. The van der Waals surface area contributed by atoms with E-state index in [0.29, 0.717) is 6.04 Å². The number of hydrogen-bond acceptors (Lipinski definition) is 3. The van der Waals surface area contributed by atoms with Crippen molar-refractivity contribution in [3.63, 3.8) is 0 Å². The minimum absolute atomic E-state index is 0.504. The minimum Gasteiger partial charge on any atom is -0.335 e. The van der Waals surface area contributed by atoms with Gasteiger partial charge >= 0.3 is 0 Å². The number of amidine groups is 1. The first-order valence-electron chi connectivity index (χ1n) is 6.24. The third-order valence-electron chi connectivity index (χ3n) is 3.31. The molecular weight excluding hydrogens is 228 g/mol. The molecule has 0 spiro atoms. The third kappa shape index (κ3) is 3.03. The molecule has 1 aromatic rings. The van der Waals surface area contributed by atoms with Crippen LogP contribution in [0.3, 0.4) is 0 Å². The van der Waals surface area contributed by atoms with Gasteiger partial charge in [-0.05, 0) is 43.9 Å². The number of nitrogens with one attached hydrogen (secondary N) is 1. The number of thioether (sulfide) groups is 1. The number of nitrogens with zero attached hydrogens (tertiary/aromatic N) is 1. The molecule has 0 saturated carbocycles. The molecule has 0 aromatic heterocycles. The van der Waals surface area contributed by atoms with Gasteiger partial charge in [-0.15, -0.1) is 0 Å². The topological polar surface area (TPSA) is 24.4 Å². The Balaban J connectivity index is 2.15. The number of hydrogen-bond donors (Lipinski definition) is 1. The van der Waals surface area contributed by atoms with Gasteiger partial charge in [-0.3, -0.25) is 4.99 Å². The van der Waals surface area contributed by atoms with E-state index in [1.165, 1.54) is 29.0 Å². The fraction of sp³-hybridized carbons (Fsp3) is 0.500. The predicted molar refractivity (Wildman–Crippen MR) is 78.1 cm³/mol. The summed E-state index contributed by atoms with van der Waals surface area (Å²) < 4.78 is 0. The molecule has 2 rings (SSSR count). The minimum atomic E-state index is 0.504. The Morgan fingerprint density at radius 3 is 3.00 bits per heavy atom. The highest BCUT2D eigenvalue weighted by Crippen LogP contribution is 2.24. The second-order valence-electron chi connectivity index (χ2n) is 4.51. The van der Waals surface area contributed by atoms with E-state index < -0.39 is 0 Å². The standard InChI is InChI=1S/C14H20N2S/c1-4-12-8-9-17-14(15-12)16-13-7-5-6-10(2)11(13)3/h5-7,12H,4,8-9H2,1-3H3,(H,15,16). The smallest absolute Gasteiger partial charge is 0.161 e. The highest BCUT2D eigenvalue weighted by atomic mass is 32.2. The average Bonchev–Trinajstić information content (AvgIpc) is 2.35. The van der Waals surface area contributed by atoms with Crippen molar-refractivity contribution < 1.29 is 0 Å². The normalized spacial score (nSPS) is 19.9. The molecule has 0 bridgehead atoms. The number of anilines is 1. The van der Waals surface area contributed by atoms with Crippen molar-refractivity contribution in [1.82, 2.24) is 0 Å². The lowest BCUT2D eigenvalue weighted by Gasteiger charge is -2.20. The Morgan fingerprint density at radius 2 is 2.24 bits per heavy atom. The number of benzene rings is 1. The van der Waals surface area contributed by atoms with Gasteiger partial charge in [0.25, 0.3) is 0 Å². The maximum atomic E-state index is 4.73. The van der Waals surface area contributed by atoms with Crippen LogP contribution in [0.2, 0.25) is 0 Å². The number of aliphatic imine (C=N–C) groups is 1. The molecule has 1 aromatic carbocycles. The van der Waals surface area contributed by atoms with Crippen LogP contribution in [0.5, 0.6) is 0 Å². The van der Waals surface area contributed by atoms with Gasteiger partial charge in [0.2, 0.25) is 0 Å². The maximum Gasteiger partial charge on any atom is 0.161 e. The highest BCUT2D eigenvalue weighted by Gasteiger charge is 2.14. The summed E-state index contributed by atoms with van der Waals surface area (Å²) in [6.45, 7) is 6.51. The summed E-state index contributed by atoms with van der Waals surface area (Å²) in [4.78, 5) is 4.73. The molecule has 3 heteroatoms. The van der Waals surface area contributed by atoms with Crippen LogP contribution in [-0.2, 0) is 0 Å². The number of aryl methyl sites for hydroxylation is 1. The van der Waals surface area contributed by atoms with Crippen LogP contribution >= 0.6 is 11.8 Å². The summed E-state index contributed by atoms with van der Waals surface area (Å²) in [5.74, 6) is 1.18. The fourth-order valence-electron chi connectivity index (χ4n) is 1.92. The van der Waals surface area contributed by atoms with Gasteiger partial charge in [-0.2, -0.15) is 0 Å². The summed E-state index contributed by atoms with van der Waals surface area (Å²) in [6.07, 6.45) is 2.34. The Morgan fingerprint density at radius 1 is 1.41 bits per heavy atom. The van der Waals surface area contributed by atoms with Gasteiger partial charge in [0.1, 0.15) is 0 Å². The summed E-state index contributed by atoms with van der Waals surface area (Å²) in [6, 6.07) is 6.87. The van der Waals surface area contributed by atoms with Crippen molar-refractivity contribution in [2.45, 2.75) is 39.7 Å². The maximum absolute atomic E-state index is 4.73. The molecule has 1 heterocycles. The van der Waals surface area contributed by atoms with E-state index >= 15 is 0 Å². The molecule has 1 atom stereocenters. The van der Waals surface area contributed by atoms with E-state index in [0.717, 1.165) is 11.6 Å². The molecular formula is C14H20N2S. The van der Waals surface area contributed by atoms with E-state index in [1.807, 2.05) is 11.8 Å². The summed E-state index contributed by atoms with van der Waals surface area (Å²) in [5, 5.41) is 4.55. The van der Waals surface area contributed by atoms with Crippen molar-refractivity contribution in [3.8, 4) is 0 Å². The molecule has 0 fully saturated rings. The monoisotopic (exact) mass is 248 g/mol. The molecule has 1 N–H and O–H groups in total. The first kappa shape index (κ1) is 12.5. The Bertz CT molecular complexity index is 426. The summed E-state index contributed by atoms with van der Waals surface area (Å²) in [7, 11) is 0. The number of rotatable bonds is 2. The van der Waals surface area contributed by atoms with Gasteiger partial charge in [-0.1, -0.05) is 30.8 Å². The lowest BCUT2D eigenvalue weighted by Crippen LogP contribution is -2.20. The first-order chi connectivity index (χ1) is 8.20. The molecule has 1 unspecified atom stereocenters. The lowest BCUT2D eigenvalue weighted by molar-refractivity contribution is 0.634. The molecule has 17 heavy (non-hydrogen) atoms. The molecule has 1 aliphatic rings. The zero-order chi connectivity index (χ0) is 12.3. The van der Waals surface area contributed by atoms with Crippen molar-refractivity contribution in [1.29, 1.82) is 0 Å². The molecule has 0 aliphatic carbocycles. The van der Waals surface area contributed by atoms with Crippen LogP contribution in [-0.4, -0.2) is 17.0 Å². The molecule has 0 saturated heterocycles. The zero-order valence-corrected chi connectivity index (χ0v) is 11.6. The van der Waals surface area contributed by atoms with Crippen LogP contribution in [0.25, 0.3) is 0 Å². The van der Waals surface area contributed by atoms with Gasteiger partial charge in [0.05, 0.1) is 6.04 Å². The zero-order valence-electron chi connectivity index (χ0n) is 10.8. The second-order valence-corrected chi connectivity index (χ2v) is 5.59.